The smallest absolute Gasteiger partial charge is 0.315 e. The number of nitrogens with one attached hydrogen (secondary N) is 3. The van der Waals surface area contributed by atoms with Gasteiger partial charge in [-0.3, -0.25) is 4.79 Å². The van der Waals surface area contributed by atoms with Gasteiger partial charge in [0.05, 0.1) is 18.8 Å². The van der Waals surface area contributed by atoms with Crippen molar-refractivity contribution in [1.82, 2.24) is 16.0 Å². The normalized spacial score (nSPS) is 13.2. The van der Waals surface area contributed by atoms with Gasteiger partial charge in [-0.15, -0.1) is 0 Å². The van der Waals surface area contributed by atoms with E-state index >= 15 is 0 Å². The van der Waals surface area contributed by atoms with Crippen LogP contribution in [0.25, 0.3) is 0 Å². The Morgan fingerprint density at radius 3 is 2.54 bits per heavy atom. The molecule has 0 aromatic carbocycles. The van der Waals surface area contributed by atoms with Gasteiger partial charge in [0.25, 0.3) is 0 Å². The summed E-state index contributed by atoms with van der Waals surface area (Å²) in [5.74, 6) is 1.93. The van der Waals surface area contributed by atoms with Gasteiger partial charge >= 0.3 is 6.03 Å². The lowest BCUT2D eigenvalue weighted by Gasteiger charge is -2.17. The second kappa shape index (κ2) is 7.72. The summed E-state index contributed by atoms with van der Waals surface area (Å²) < 4.78 is 10.6. The summed E-state index contributed by atoms with van der Waals surface area (Å²) >= 11 is 0. The third-order valence-corrected chi connectivity index (χ3v) is 3.65. The molecule has 0 aliphatic rings. The third-order valence-electron chi connectivity index (χ3n) is 3.65. The number of hydrogen-bond acceptors (Lipinski definition) is 4. The lowest BCUT2D eigenvalue weighted by atomic mass is 10.1. The highest BCUT2D eigenvalue weighted by Gasteiger charge is 2.19. The molecule has 0 saturated carbocycles. The van der Waals surface area contributed by atoms with Crippen LogP contribution in [0, 0.1) is 13.8 Å². The second-order valence-corrected chi connectivity index (χ2v) is 5.73. The number of rotatable bonds is 6. The molecule has 3 amide bonds. The molecule has 3 N–H and O–H groups in total. The van der Waals surface area contributed by atoms with Crippen LogP contribution in [0.3, 0.4) is 0 Å². The van der Waals surface area contributed by atoms with Gasteiger partial charge < -0.3 is 24.8 Å². The fourth-order valence-corrected chi connectivity index (χ4v) is 2.40. The van der Waals surface area contributed by atoms with Crippen LogP contribution in [0.2, 0.25) is 0 Å². The maximum Gasteiger partial charge on any atom is 0.315 e. The monoisotopic (exact) mass is 333 g/mol. The van der Waals surface area contributed by atoms with Crippen LogP contribution in [0.5, 0.6) is 0 Å². The number of amides is 3. The molecular formula is C17H23N3O4. The molecular weight excluding hydrogens is 310 g/mol. The van der Waals surface area contributed by atoms with Gasteiger partial charge in [-0.05, 0) is 45.9 Å². The first-order valence-electron chi connectivity index (χ1n) is 7.81. The van der Waals surface area contributed by atoms with E-state index in [4.69, 9.17) is 8.83 Å². The summed E-state index contributed by atoms with van der Waals surface area (Å²) in [7, 11) is 0. The van der Waals surface area contributed by atoms with Crippen molar-refractivity contribution >= 4 is 11.9 Å². The number of hydrogen-bond donors (Lipinski definition) is 3. The number of furan rings is 2. The average Bonchev–Trinajstić information content (AvgIpc) is 3.13. The molecule has 7 heteroatoms. The van der Waals surface area contributed by atoms with E-state index in [1.54, 1.807) is 19.1 Å². The maximum absolute atomic E-state index is 12.0. The molecule has 2 aromatic heterocycles. The van der Waals surface area contributed by atoms with Crippen LogP contribution in [-0.4, -0.2) is 18.0 Å². The molecule has 0 unspecified atom stereocenters. The van der Waals surface area contributed by atoms with Crippen LogP contribution in [0.1, 0.15) is 42.7 Å². The molecule has 2 atom stereocenters. The Kier molecular flexibility index (Phi) is 5.68. The number of urea groups is 1. The highest BCUT2D eigenvalue weighted by atomic mass is 16.3. The molecule has 24 heavy (non-hydrogen) atoms. The van der Waals surface area contributed by atoms with Gasteiger partial charge in [0.15, 0.2) is 0 Å². The van der Waals surface area contributed by atoms with Crippen molar-refractivity contribution in [1.29, 1.82) is 0 Å². The molecule has 0 aliphatic heterocycles. The summed E-state index contributed by atoms with van der Waals surface area (Å²) in [6, 6.07) is 4.10. The molecule has 2 aromatic rings. The first-order chi connectivity index (χ1) is 11.4. The molecule has 2 rings (SSSR count). The van der Waals surface area contributed by atoms with Crippen LogP contribution in [0.4, 0.5) is 4.79 Å². The van der Waals surface area contributed by atoms with Crippen molar-refractivity contribution in [2.75, 3.05) is 0 Å². The van der Waals surface area contributed by atoms with Crippen molar-refractivity contribution < 1.29 is 18.4 Å². The Bertz CT molecular complexity index is 691. The molecule has 7 nitrogen and oxygen atoms in total. The maximum atomic E-state index is 12.0. The summed E-state index contributed by atoms with van der Waals surface area (Å²) in [5, 5.41) is 8.11. The molecule has 0 fully saturated rings. The zero-order chi connectivity index (χ0) is 17.7. The Labute approximate surface area is 140 Å². The summed E-state index contributed by atoms with van der Waals surface area (Å²) in [5.41, 5.74) is 0.914. The highest BCUT2D eigenvalue weighted by Crippen LogP contribution is 2.20. The summed E-state index contributed by atoms with van der Waals surface area (Å²) in [4.78, 5) is 24.0. The third kappa shape index (κ3) is 4.65. The van der Waals surface area contributed by atoms with E-state index in [1.807, 2.05) is 26.8 Å². The van der Waals surface area contributed by atoms with Crippen LogP contribution in [-0.2, 0) is 11.3 Å². The van der Waals surface area contributed by atoms with E-state index in [0.29, 0.717) is 5.76 Å². The van der Waals surface area contributed by atoms with E-state index in [1.165, 1.54) is 6.26 Å². The zero-order valence-electron chi connectivity index (χ0n) is 14.3. The minimum atomic E-state index is -0.667. The molecule has 0 aliphatic carbocycles. The van der Waals surface area contributed by atoms with Gasteiger partial charge in [-0.2, -0.15) is 0 Å². The van der Waals surface area contributed by atoms with Crippen molar-refractivity contribution in [3.05, 3.63) is 47.3 Å². The first kappa shape index (κ1) is 17.7. The van der Waals surface area contributed by atoms with Crippen molar-refractivity contribution in [2.45, 2.75) is 46.3 Å². The van der Waals surface area contributed by atoms with E-state index in [9.17, 15) is 9.59 Å². The van der Waals surface area contributed by atoms with Gasteiger partial charge in [-0.25, -0.2) is 4.79 Å². The van der Waals surface area contributed by atoms with Crippen molar-refractivity contribution in [3.63, 3.8) is 0 Å². The molecule has 0 saturated heterocycles. The van der Waals surface area contributed by atoms with E-state index in [-0.39, 0.29) is 18.5 Å². The Hall–Kier alpha value is -2.70. The van der Waals surface area contributed by atoms with Crippen molar-refractivity contribution in [3.8, 4) is 0 Å². The van der Waals surface area contributed by atoms with Gasteiger partial charge in [-0.1, -0.05) is 0 Å². The second-order valence-electron chi connectivity index (χ2n) is 5.73. The Morgan fingerprint density at radius 1 is 1.21 bits per heavy atom. The summed E-state index contributed by atoms with van der Waals surface area (Å²) in [6.07, 6.45) is 1.54. The summed E-state index contributed by atoms with van der Waals surface area (Å²) in [6.45, 7) is 7.47. The fraction of sp³-hybridized carbons (Fsp3) is 0.412. The Balaban J connectivity index is 1.80. The number of carbonyl (C=O) groups is 2. The standard InChI is InChI=1S/C17H23N3O4/c1-10-8-15(13(4)24-10)11(2)19-17(22)20-12(3)16(21)18-9-14-6-5-7-23-14/h5-8,11-12H,9H2,1-4H3,(H,18,21)(H2,19,20,22)/t11-,12+/m1/s1. The van der Waals surface area contributed by atoms with Gasteiger partial charge in [0.2, 0.25) is 5.91 Å². The number of carbonyl (C=O) groups excluding carboxylic acids is 2. The van der Waals surface area contributed by atoms with E-state index in [0.717, 1.165) is 17.1 Å². The lowest BCUT2D eigenvalue weighted by molar-refractivity contribution is -0.122. The Morgan fingerprint density at radius 2 is 1.96 bits per heavy atom. The van der Waals surface area contributed by atoms with Gasteiger partial charge in [0, 0.05) is 5.56 Å². The van der Waals surface area contributed by atoms with Crippen LogP contribution < -0.4 is 16.0 Å². The van der Waals surface area contributed by atoms with E-state index < -0.39 is 12.1 Å². The average molecular weight is 333 g/mol. The SMILES string of the molecule is Cc1cc([C@@H](C)NC(=O)N[C@@H](C)C(=O)NCc2ccco2)c(C)o1. The predicted molar refractivity (Wildman–Crippen MR) is 88.3 cm³/mol. The zero-order valence-corrected chi connectivity index (χ0v) is 14.3. The molecule has 0 spiro atoms. The number of aryl methyl sites for hydroxylation is 2. The first-order valence-corrected chi connectivity index (χ1v) is 7.81. The lowest BCUT2D eigenvalue weighted by Crippen LogP contribution is -2.48. The van der Waals surface area contributed by atoms with Gasteiger partial charge in [0.1, 0.15) is 23.3 Å². The van der Waals surface area contributed by atoms with Crippen LogP contribution >= 0.6 is 0 Å². The fourth-order valence-electron chi connectivity index (χ4n) is 2.40. The molecule has 0 bridgehead atoms. The van der Waals surface area contributed by atoms with Crippen molar-refractivity contribution in [2.24, 2.45) is 0 Å². The molecule has 2 heterocycles. The molecule has 130 valence electrons. The molecule has 0 radical (unpaired) electrons. The topological polar surface area (TPSA) is 96.5 Å². The highest BCUT2D eigenvalue weighted by molar-refractivity contribution is 5.86. The quantitative estimate of drug-likeness (QED) is 0.757. The predicted octanol–water partition coefficient (Wildman–Crippen LogP) is 2.55. The minimum absolute atomic E-state index is 0.221. The van der Waals surface area contributed by atoms with E-state index in [2.05, 4.69) is 16.0 Å². The minimum Gasteiger partial charge on any atom is -0.467 e. The largest absolute Gasteiger partial charge is 0.467 e. The van der Waals surface area contributed by atoms with Crippen LogP contribution in [0.15, 0.2) is 33.3 Å².